The first-order valence-corrected chi connectivity index (χ1v) is 7.44. The molecule has 2 N–H and O–H groups in total. The maximum atomic E-state index is 9.26. The second-order valence-corrected chi connectivity index (χ2v) is 6.11. The fourth-order valence-electron chi connectivity index (χ4n) is 3.24. The molecule has 0 saturated heterocycles. The number of hydrogen-bond donors (Lipinski definition) is 2. The third-order valence-electron chi connectivity index (χ3n) is 4.47. The zero-order valence-electron chi connectivity index (χ0n) is 11.7. The van der Waals surface area contributed by atoms with Gasteiger partial charge in [0.2, 0.25) is 0 Å². The topological polar surface area (TPSA) is 35.5 Å². The molecule has 19 heavy (non-hydrogen) atoms. The normalized spacial score (nSPS) is 25.9. The van der Waals surface area contributed by atoms with Crippen LogP contribution < -0.4 is 10.2 Å². The summed E-state index contributed by atoms with van der Waals surface area (Å²) in [6.45, 7) is 3.16. The number of aryl methyl sites for hydroxylation is 1. The van der Waals surface area contributed by atoms with Crippen molar-refractivity contribution in [2.45, 2.75) is 38.3 Å². The predicted molar refractivity (Wildman–Crippen MR) is 78.5 cm³/mol. The Hall–Kier alpha value is -1.06. The molecule has 1 aromatic rings. The highest BCUT2D eigenvalue weighted by Crippen LogP contribution is 2.28. The molecular weight excluding hydrogens is 236 g/mol. The minimum atomic E-state index is -0.0360. The maximum absolute atomic E-state index is 9.26. The van der Waals surface area contributed by atoms with Crippen LogP contribution in [0.5, 0.6) is 0 Å². The van der Waals surface area contributed by atoms with Crippen LogP contribution in [-0.2, 0) is 13.0 Å². The predicted octanol–water partition coefficient (Wildman–Crippen LogP) is 1.93. The van der Waals surface area contributed by atoms with Gasteiger partial charge in [0.25, 0.3) is 0 Å². The van der Waals surface area contributed by atoms with Crippen LogP contribution in [0.3, 0.4) is 0 Å². The number of rotatable bonds is 4. The molecule has 1 aliphatic carbocycles. The number of fused-ring (bicyclic) bond motifs is 1. The van der Waals surface area contributed by atoms with Gasteiger partial charge in [-0.3, -0.25) is 0 Å². The Morgan fingerprint density at radius 1 is 1.37 bits per heavy atom. The van der Waals surface area contributed by atoms with E-state index >= 15 is 0 Å². The highest BCUT2D eigenvalue weighted by Gasteiger charge is 2.26. The molecule has 104 valence electrons. The second kappa shape index (κ2) is 5.51. The van der Waals surface area contributed by atoms with E-state index in [0.29, 0.717) is 5.92 Å². The Kier molecular flexibility index (Phi) is 3.76. The molecule has 3 nitrogen and oxygen atoms in total. The van der Waals surface area contributed by atoms with Crippen LogP contribution in [0, 0.1) is 5.92 Å². The van der Waals surface area contributed by atoms with Gasteiger partial charge in [0.05, 0.1) is 6.10 Å². The van der Waals surface area contributed by atoms with Crippen molar-refractivity contribution >= 4 is 5.69 Å². The maximum Gasteiger partial charge on any atom is 0.0546 e. The van der Waals surface area contributed by atoms with Crippen LogP contribution >= 0.6 is 0 Å². The van der Waals surface area contributed by atoms with E-state index < -0.39 is 0 Å². The largest absolute Gasteiger partial charge is 0.393 e. The fourth-order valence-corrected chi connectivity index (χ4v) is 3.24. The Bertz CT molecular complexity index is 440. The van der Waals surface area contributed by atoms with Gasteiger partial charge in [-0.15, -0.1) is 0 Å². The lowest BCUT2D eigenvalue weighted by atomic mass is 9.82. The summed E-state index contributed by atoms with van der Waals surface area (Å²) in [6.07, 6.45) is 4.39. The molecule has 0 radical (unpaired) electrons. The lowest BCUT2D eigenvalue weighted by Gasteiger charge is -2.31. The summed E-state index contributed by atoms with van der Waals surface area (Å²) < 4.78 is 0. The summed E-state index contributed by atoms with van der Waals surface area (Å²) >= 11 is 0. The number of nitrogens with zero attached hydrogens (tertiary/aromatic N) is 1. The van der Waals surface area contributed by atoms with Crippen molar-refractivity contribution in [3.63, 3.8) is 0 Å². The molecule has 1 heterocycles. The number of aliphatic hydroxyl groups is 1. The molecule has 0 aromatic heterocycles. The highest BCUT2D eigenvalue weighted by atomic mass is 16.3. The zero-order valence-corrected chi connectivity index (χ0v) is 11.7. The van der Waals surface area contributed by atoms with Gasteiger partial charge in [-0.1, -0.05) is 12.1 Å². The number of aliphatic hydroxyl groups excluding tert-OH is 1. The van der Waals surface area contributed by atoms with Gasteiger partial charge < -0.3 is 15.3 Å². The van der Waals surface area contributed by atoms with E-state index in [9.17, 15) is 5.11 Å². The molecule has 2 aliphatic rings. The summed E-state index contributed by atoms with van der Waals surface area (Å²) in [5, 5.41) is 12.8. The van der Waals surface area contributed by atoms with Gasteiger partial charge in [0, 0.05) is 25.8 Å². The van der Waals surface area contributed by atoms with E-state index in [1.54, 1.807) is 0 Å². The molecule has 1 aliphatic heterocycles. The van der Waals surface area contributed by atoms with Crippen LogP contribution in [-0.4, -0.2) is 31.3 Å². The molecule has 0 atom stereocenters. The molecule has 0 bridgehead atoms. The molecule has 1 aromatic carbocycles. The number of hydrogen-bond acceptors (Lipinski definition) is 3. The van der Waals surface area contributed by atoms with Gasteiger partial charge in [-0.05, 0) is 55.3 Å². The minimum Gasteiger partial charge on any atom is -0.393 e. The summed E-state index contributed by atoms with van der Waals surface area (Å²) in [7, 11) is 2.18. The van der Waals surface area contributed by atoms with Crippen molar-refractivity contribution < 1.29 is 5.11 Å². The van der Waals surface area contributed by atoms with E-state index in [0.717, 1.165) is 25.9 Å². The third-order valence-corrected chi connectivity index (χ3v) is 4.47. The molecule has 1 saturated carbocycles. The van der Waals surface area contributed by atoms with Crippen LogP contribution in [0.1, 0.15) is 30.4 Å². The molecule has 0 spiro atoms. The lowest BCUT2D eigenvalue weighted by Crippen LogP contribution is -2.35. The molecule has 1 fully saturated rings. The summed E-state index contributed by atoms with van der Waals surface area (Å²) in [4.78, 5) is 2.35. The quantitative estimate of drug-likeness (QED) is 0.868. The molecule has 0 amide bonds. The Balaban J connectivity index is 1.54. The van der Waals surface area contributed by atoms with E-state index in [-0.39, 0.29) is 6.10 Å². The van der Waals surface area contributed by atoms with E-state index in [4.69, 9.17) is 0 Å². The summed E-state index contributed by atoms with van der Waals surface area (Å²) in [6, 6.07) is 6.86. The first kappa shape index (κ1) is 12.9. The molecule has 3 rings (SSSR count). The Morgan fingerprint density at radius 3 is 3.00 bits per heavy atom. The Morgan fingerprint density at radius 2 is 2.21 bits per heavy atom. The first-order chi connectivity index (χ1) is 9.22. The van der Waals surface area contributed by atoms with E-state index in [1.165, 1.54) is 36.2 Å². The Labute approximate surface area is 115 Å². The van der Waals surface area contributed by atoms with Crippen LogP contribution in [0.15, 0.2) is 18.2 Å². The second-order valence-electron chi connectivity index (χ2n) is 6.11. The summed E-state index contributed by atoms with van der Waals surface area (Å²) in [5.41, 5.74) is 4.28. The smallest absolute Gasteiger partial charge is 0.0546 e. The summed E-state index contributed by atoms with van der Waals surface area (Å²) in [5.74, 6) is 0.679. The first-order valence-electron chi connectivity index (χ1n) is 7.44. The average molecular weight is 260 g/mol. The number of anilines is 1. The van der Waals surface area contributed by atoms with E-state index in [1.807, 2.05) is 0 Å². The third kappa shape index (κ3) is 2.93. The monoisotopic (exact) mass is 260 g/mol. The van der Waals surface area contributed by atoms with Gasteiger partial charge in [-0.25, -0.2) is 0 Å². The van der Waals surface area contributed by atoms with Crippen molar-refractivity contribution in [1.29, 1.82) is 0 Å². The fraction of sp³-hybridized carbons (Fsp3) is 0.625. The highest BCUT2D eigenvalue weighted by molar-refractivity contribution is 5.56. The van der Waals surface area contributed by atoms with Crippen molar-refractivity contribution in [2.75, 3.05) is 25.0 Å². The average Bonchev–Trinajstić information content (AvgIpc) is 2.37. The SMILES string of the molecule is CN1CCCc2cc(CNCC3CC(O)C3)ccc21. The number of nitrogens with one attached hydrogen (secondary N) is 1. The van der Waals surface area contributed by atoms with Crippen LogP contribution in [0.4, 0.5) is 5.69 Å². The van der Waals surface area contributed by atoms with Gasteiger partial charge in [-0.2, -0.15) is 0 Å². The number of benzene rings is 1. The van der Waals surface area contributed by atoms with Crippen molar-refractivity contribution in [3.8, 4) is 0 Å². The molecule has 3 heteroatoms. The lowest BCUT2D eigenvalue weighted by molar-refractivity contribution is 0.0430. The van der Waals surface area contributed by atoms with Crippen molar-refractivity contribution in [1.82, 2.24) is 5.32 Å². The van der Waals surface area contributed by atoms with Gasteiger partial charge in [0.15, 0.2) is 0 Å². The standard InChI is InChI=1S/C16H24N2O/c1-18-6-2-3-14-7-12(4-5-16(14)18)10-17-11-13-8-15(19)9-13/h4-5,7,13,15,17,19H,2-3,6,8-11H2,1H3. The minimum absolute atomic E-state index is 0.0360. The van der Waals surface area contributed by atoms with Crippen LogP contribution in [0.25, 0.3) is 0 Å². The zero-order chi connectivity index (χ0) is 13.2. The van der Waals surface area contributed by atoms with Crippen molar-refractivity contribution in [2.24, 2.45) is 5.92 Å². The molecule has 0 unspecified atom stereocenters. The van der Waals surface area contributed by atoms with Gasteiger partial charge in [0.1, 0.15) is 0 Å². The van der Waals surface area contributed by atoms with E-state index in [2.05, 4.69) is 35.5 Å². The molecular formula is C16H24N2O. The van der Waals surface area contributed by atoms with Crippen molar-refractivity contribution in [3.05, 3.63) is 29.3 Å². The van der Waals surface area contributed by atoms with Gasteiger partial charge >= 0.3 is 0 Å². The van der Waals surface area contributed by atoms with Crippen LogP contribution in [0.2, 0.25) is 0 Å².